The second-order valence-corrected chi connectivity index (χ2v) is 3.79. The molecule has 0 bridgehead atoms. The Morgan fingerprint density at radius 1 is 1.44 bits per heavy atom. The monoisotopic (exact) mass is 222 g/mol. The van der Waals surface area contributed by atoms with Crippen LogP contribution in [0.1, 0.15) is 36.7 Å². The Labute approximate surface area is 95.6 Å². The fourth-order valence-corrected chi connectivity index (χ4v) is 1.59. The van der Waals surface area contributed by atoms with E-state index in [2.05, 4.69) is 5.32 Å². The maximum Gasteiger partial charge on any atom is 0.216 e. The highest BCUT2D eigenvalue weighted by Gasteiger charge is 1.98. The minimum Gasteiger partial charge on any atom is -0.356 e. The van der Waals surface area contributed by atoms with Crippen LogP contribution in [0.2, 0.25) is 0 Å². The molecule has 1 aromatic heterocycles. The molecule has 1 N–H and O–H groups in total. The summed E-state index contributed by atoms with van der Waals surface area (Å²) < 4.78 is 1.95. The van der Waals surface area contributed by atoms with E-state index in [4.69, 9.17) is 0 Å². The molecule has 0 aliphatic carbocycles. The average Bonchev–Trinajstić information content (AvgIpc) is 2.70. The van der Waals surface area contributed by atoms with Crippen molar-refractivity contribution >= 4 is 12.2 Å². The Kier molecular flexibility index (Phi) is 5.32. The SMILES string of the molecule is CC(=O)NCCCCCn1cccc1C=O. The second-order valence-electron chi connectivity index (χ2n) is 3.79. The van der Waals surface area contributed by atoms with Crippen LogP contribution >= 0.6 is 0 Å². The smallest absolute Gasteiger partial charge is 0.216 e. The summed E-state index contributed by atoms with van der Waals surface area (Å²) >= 11 is 0. The van der Waals surface area contributed by atoms with Gasteiger partial charge >= 0.3 is 0 Å². The number of nitrogens with zero attached hydrogens (tertiary/aromatic N) is 1. The molecular weight excluding hydrogens is 204 g/mol. The number of aromatic nitrogens is 1. The number of rotatable bonds is 7. The van der Waals surface area contributed by atoms with Gasteiger partial charge in [-0.2, -0.15) is 0 Å². The number of aldehydes is 1. The van der Waals surface area contributed by atoms with E-state index in [-0.39, 0.29) is 5.91 Å². The van der Waals surface area contributed by atoms with Crippen molar-refractivity contribution in [1.29, 1.82) is 0 Å². The molecule has 0 saturated carbocycles. The van der Waals surface area contributed by atoms with Crippen molar-refractivity contribution in [3.05, 3.63) is 24.0 Å². The zero-order valence-electron chi connectivity index (χ0n) is 9.61. The lowest BCUT2D eigenvalue weighted by Gasteiger charge is -2.05. The molecule has 0 aromatic carbocycles. The quantitative estimate of drug-likeness (QED) is 0.563. The second kappa shape index (κ2) is 6.82. The maximum atomic E-state index is 10.6. The summed E-state index contributed by atoms with van der Waals surface area (Å²) in [6.45, 7) is 3.12. The summed E-state index contributed by atoms with van der Waals surface area (Å²) in [5.41, 5.74) is 0.724. The van der Waals surface area contributed by atoms with E-state index in [0.29, 0.717) is 0 Å². The first-order chi connectivity index (χ1) is 7.74. The molecule has 4 heteroatoms. The van der Waals surface area contributed by atoms with Crippen LogP contribution < -0.4 is 5.32 Å². The Hall–Kier alpha value is -1.58. The molecule has 1 heterocycles. The molecule has 0 spiro atoms. The fraction of sp³-hybridized carbons (Fsp3) is 0.500. The first-order valence-corrected chi connectivity index (χ1v) is 5.59. The highest BCUT2D eigenvalue weighted by Crippen LogP contribution is 2.03. The predicted molar refractivity (Wildman–Crippen MR) is 62.4 cm³/mol. The summed E-state index contributed by atoms with van der Waals surface area (Å²) in [6.07, 6.45) is 5.85. The van der Waals surface area contributed by atoms with Gasteiger partial charge < -0.3 is 9.88 Å². The molecule has 88 valence electrons. The third-order valence-electron chi connectivity index (χ3n) is 2.44. The van der Waals surface area contributed by atoms with Crippen LogP contribution in [0.3, 0.4) is 0 Å². The summed E-state index contributed by atoms with van der Waals surface area (Å²) in [7, 11) is 0. The van der Waals surface area contributed by atoms with Crippen LogP contribution in [0.15, 0.2) is 18.3 Å². The molecule has 1 rings (SSSR count). The van der Waals surface area contributed by atoms with E-state index in [1.54, 1.807) is 0 Å². The van der Waals surface area contributed by atoms with Crippen molar-refractivity contribution in [2.75, 3.05) is 6.54 Å². The van der Waals surface area contributed by atoms with E-state index in [0.717, 1.165) is 44.3 Å². The van der Waals surface area contributed by atoms with E-state index in [1.807, 2.05) is 22.9 Å². The van der Waals surface area contributed by atoms with Crippen molar-refractivity contribution in [1.82, 2.24) is 9.88 Å². The summed E-state index contributed by atoms with van der Waals surface area (Å²) in [4.78, 5) is 21.2. The van der Waals surface area contributed by atoms with Crippen molar-refractivity contribution in [2.24, 2.45) is 0 Å². The highest BCUT2D eigenvalue weighted by molar-refractivity contribution is 5.72. The fourth-order valence-electron chi connectivity index (χ4n) is 1.59. The molecule has 0 fully saturated rings. The van der Waals surface area contributed by atoms with Gasteiger partial charge in [0.2, 0.25) is 5.91 Å². The van der Waals surface area contributed by atoms with Crippen LogP contribution in [-0.4, -0.2) is 23.3 Å². The van der Waals surface area contributed by atoms with Gasteiger partial charge in [-0.25, -0.2) is 0 Å². The lowest BCUT2D eigenvalue weighted by molar-refractivity contribution is -0.118. The Balaban J connectivity index is 2.11. The third-order valence-corrected chi connectivity index (χ3v) is 2.44. The Morgan fingerprint density at radius 2 is 2.25 bits per heavy atom. The van der Waals surface area contributed by atoms with Crippen LogP contribution in [0, 0.1) is 0 Å². The van der Waals surface area contributed by atoms with Gasteiger partial charge in [0.05, 0.1) is 5.69 Å². The van der Waals surface area contributed by atoms with Gasteiger partial charge in [0, 0.05) is 26.2 Å². The number of unbranched alkanes of at least 4 members (excludes halogenated alkanes) is 2. The highest BCUT2D eigenvalue weighted by atomic mass is 16.1. The van der Waals surface area contributed by atoms with E-state index in [1.165, 1.54) is 6.92 Å². The van der Waals surface area contributed by atoms with Gasteiger partial charge in [-0.3, -0.25) is 9.59 Å². The zero-order valence-corrected chi connectivity index (χ0v) is 9.61. The molecule has 4 nitrogen and oxygen atoms in total. The number of carbonyl (C=O) groups excluding carboxylic acids is 2. The standard InChI is InChI=1S/C12H18N2O2/c1-11(16)13-7-3-2-4-8-14-9-5-6-12(14)10-15/h5-6,9-10H,2-4,7-8H2,1H3,(H,13,16). The number of aryl methyl sites for hydroxylation is 1. The molecule has 1 aromatic rings. The minimum atomic E-state index is 0.0219. The number of amides is 1. The topological polar surface area (TPSA) is 51.1 Å². The molecule has 0 aliphatic rings. The molecule has 0 saturated heterocycles. The molecule has 0 aliphatic heterocycles. The van der Waals surface area contributed by atoms with Crippen molar-refractivity contribution in [3.63, 3.8) is 0 Å². The third kappa shape index (κ3) is 4.29. The van der Waals surface area contributed by atoms with Crippen molar-refractivity contribution in [3.8, 4) is 0 Å². The largest absolute Gasteiger partial charge is 0.356 e. The Morgan fingerprint density at radius 3 is 2.94 bits per heavy atom. The van der Waals surface area contributed by atoms with Crippen molar-refractivity contribution in [2.45, 2.75) is 32.7 Å². The van der Waals surface area contributed by atoms with Crippen LogP contribution in [-0.2, 0) is 11.3 Å². The number of nitrogens with one attached hydrogen (secondary N) is 1. The molecular formula is C12H18N2O2. The first-order valence-electron chi connectivity index (χ1n) is 5.59. The summed E-state index contributed by atoms with van der Waals surface area (Å²) in [6, 6.07) is 3.69. The Bertz CT molecular complexity index is 345. The molecule has 0 radical (unpaired) electrons. The lowest BCUT2D eigenvalue weighted by atomic mass is 10.2. The van der Waals surface area contributed by atoms with E-state index < -0.39 is 0 Å². The van der Waals surface area contributed by atoms with Crippen LogP contribution in [0.4, 0.5) is 0 Å². The minimum absolute atomic E-state index is 0.0219. The van der Waals surface area contributed by atoms with Crippen LogP contribution in [0.25, 0.3) is 0 Å². The van der Waals surface area contributed by atoms with Gasteiger partial charge in [0.25, 0.3) is 0 Å². The van der Waals surface area contributed by atoms with Gasteiger partial charge in [-0.1, -0.05) is 0 Å². The number of hydrogen-bond donors (Lipinski definition) is 1. The zero-order chi connectivity index (χ0) is 11.8. The molecule has 0 atom stereocenters. The molecule has 1 amide bonds. The first kappa shape index (κ1) is 12.5. The predicted octanol–water partition coefficient (Wildman–Crippen LogP) is 1.61. The maximum absolute atomic E-state index is 10.6. The van der Waals surface area contributed by atoms with Gasteiger partial charge in [0.1, 0.15) is 0 Å². The van der Waals surface area contributed by atoms with E-state index in [9.17, 15) is 9.59 Å². The number of carbonyl (C=O) groups is 2. The normalized spacial score (nSPS) is 10.1. The van der Waals surface area contributed by atoms with Gasteiger partial charge in [0.15, 0.2) is 6.29 Å². The number of hydrogen-bond acceptors (Lipinski definition) is 2. The lowest BCUT2D eigenvalue weighted by Crippen LogP contribution is -2.20. The average molecular weight is 222 g/mol. The van der Waals surface area contributed by atoms with E-state index >= 15 is 0 Å². The van der Waals surface area contributed by atoms with Gasteiger partial charge in [-0.05, 0) is 31.4 Å². The summed E-state index contributed by atoms with van der Waals surface area (Å²) in [5.74, 6) is 0.0219. The molecule has 16 heavy (non-hydrogen) atoms. The van der Waals surface area contributed by atoms with Crippen molar-refractivity contribution < 1.29 is 9.59 Å². The van der Waals surface area contributed by atoms with Crippen LogP contribution in [0.5, 0.6) is 0 Å². The summed E-state index contributed by atoms with van der Waals surface area (Å²) in [5, 5.41) is 2.76. The van der Waals surface area contributed by atoms with Gasteiger partial charge in [-0.15, -0.1) is 0 Å². The molecule has 0 unspecified atom stereocenters.